The molecule has 0 amide bonds. The van der Waals surface area contributed by atoms with Gasteiger partial charge in [0.2, 0.25) is 5.95 Å². The molecule has 1 aromatic heterocycles. The number of nitrogens with two attached hydrogens (primary N) is 1. The lowest BCUT2D eigenvalue weighted by molar-refractivity contribution is 0.620. The van der Waals surface area contributed by atoms with Gasteiger partial charge in [0, 0.05) is 10.5 Å². The van der Waals surface area contributed by atoms with Gasteiger partial charge in [-0.1, -0.05) is 28.1 Å². The maximum atomic E-state index is 13.6. The Hall–Kier alpha value is -1.88. The van der Waals surface area contributed by atoms with Crippen molar-refractivity contribution >= 4 is 32.9 Å². The number of hydrogen-bond donors (Lipinski definition) is 1. The van der Waals surface area contributed by atoms with Crippen molar-refractivity contribution in [2.75, 3.05) is 5.73 Å². The van der Waals surface area contributed by atoms with Gasteiger partial charge in [-0.25, -0.2) is 9.37 Å². The molecular formula is C15H13BrFN3. The third-order valence-corrected chi connectivity index (χ3v) is 3.84. The van der Waals surface area contributed by atoms with E-state index in [1.165, 1.54) is 6.07 Å². The van der Waals surface area contributed by atoms with Gasteiger partial charge in [-0.2, -0.15) is 0 Å². The Kier molecular flexibility index (Phi) is 3.22. The van der Waals surface area contributed by atoms with E-state index in [0.717, 1.165) is 15.6 Å². The predicted molar refractivity (Wildman–Crippen MR) is 82.1 cm³/mol. The quantitative estimate of drug-likeness (QED) is 0.773. The molecule has 5 heteroatoms. The average Bonchev–Trinajstić information content (AvgIpc) is 2.69. The van der Waals surface area contributed by atoms with Crippen molar-refractivity contribution < 1.29 is 4.39 Å². The number of benzene rings is 2. The number of fused-ring (bicyclic) bond motifs is 1. The minimum Gasteiger partial charge on any atom is -0.369 e. The van der Waals surface area contributed by atoms with Crippen molar-refractivity contribution in [2.24, 2.45) is 0 Å². The van der Waals surface area contributed by atoms with Crippen LogP contribution in [0.15, 0.2) is 40.9 Å². The molecule has 0 unspecified atom stereocenters. The standard InChI is InChI=1S/C15H13BrFN3/c1-9-6-14-13(7-12(9)17)19-15(18)20(14)8-10-2-4-11(16)5-3-10/h2-7H,8H2,1H3,(H2,18,19). The van der Waals surface area contributed by atoms with Crippen molar-refractivity contribution in [1.82, 2.24) is 9.55 Å². The number of anilines is 1. The molecule has 0 saturated carbocycles. The zero-order chi connectivity index (χ0) is 14.3. The van der Waals surface area contributed by atoms with Crippen LogP contribution in [0.2, 0.25) is 0 Å². The fourth-order valence-corrected chi connectivity index (χ4v) is 2.47. The Labute approximate surface area is 124 Å². The molecule has 0 atom stereocenters. The molecule has 1 heterocycles. The minimum atomic E-state index is -0.259. The monoisotopic (exact) mass is 333 g/mol. The van der Waals surface area contributed by atoms with Gasteiger partial charge in [0.25, 0.3) is 0 Å². The molecule has 0 aliphatic carbocycles. The van der Waals surface area contributed by atoms with E-state index in [1.54, 1.807) is 13.0 Å². The molecule has 2 aromatic carbocycles. The van der Waals surface area contributed by atoms with Crippen LogP contribution < -0.4 is 5.73 Å². The molecule has 0 aliphatic heterocycles. The van der Waals surface area contributed by atoms with Crippen molar-refractivity contribution in [3.05, 3.63) is 57.8 Å². The molecule has 20 heavy (non-hydrogen) atoms. The maximum absolute atomic E-state index is 13.6. The number of rotatable bonds is 2. The lowest BCUT2D eigenvalue weighted by Gasteiger charge is -2.07. The molecule has 3 nitrogen and oxygen atoms in total. The maximum Gasteiger partial charge on any atom is 0.201 e. The third kappa shape index (κ3) is 2.29. The molecular weight excluding hydrogens is 321 g/mol. The van der Waals surface area contributed by atoms with E-state index in [1.807, 2.05) is 28.8 Å². The Bertz CT molecular complexity index is 778. The smallest absolute Gasteiger partial charge is 0.201 e. The molecule has 3 rings (SSSR count). The van der Waals surface area contributed by atoms with E-state index < -0.39 is 0 Å². The van der Waals surface area contributed by atoms with Crippen LogP contribution in [0.3, 0.4) is 0 Å². The summed E-state index contributed by atoms with van der Waals surface area (Å²) >= 11 is 3.41. The molecule has 0 spiro atoms. The van der Waals surface area contributed by atoms with Crippen LogP contribution in [0.5, 0.6) is 0 Å². The number of hydrogen-bond acceptors (Lipinski definition) is 2. The van der Waals surface area contributed by atoms with E-state index in [9.17, 15) is 4.39 Å². The number of nitrogen functional groups attached to an aromatic ring is 1. The zero-order valence-corrected chi connectivity index (χ0v) is 12.5. The predicted octanol–water partition coefficient (Wildman–Crippen LogP) is 3.88. The number of aromatic nitrogens is 2. The lowest BCUT2D eigenvalue weighted by atomic mass is 10.2. The first kappa shape index (κ1) is 13.1. The summed E-state index contributed by atoms with van der Waals surface area (Å²) in [4.78, 5) is 4.22. The lowest BCUT2D eigenvalue weighted by Crippen LogP contribution is -2.04. The second kappa shape index (κ2) is 4.90. The van der Waals surface area contributed by atoms with Crippen LogP contribution in [-0.4, -0.2) is 9.55 Å². The van der Waals surface area contributed by atoms with E-state index in [0.29, 0.717) is 23.6 Å². The summed E-state index contributed by atoms with van der Waals surface area (Å²) in [5.41, 5.74) is 9.09. The van der Waals surface area contributed by atoms with Gasteiger partial charge in [0.15, 0.2) is 0 Å². The van der Waals surface area contributed by atoms with Crippen molar-refractivity contribution in [1.29, 1.82) is 0 Å². The number of nitrogens with zero attached hydrogens (tertiary/aromatic N) is 2. The molecule has 0 aliphatic rings. The third-order valence-electron chi connectivity index (χ3n) is 3.31. The van der Waals surface area contributed by atoms with Crippen molar-refractivity contribution in [2.45, 2.75) is 13.5 Å². The van der Waals surface area contributed by atoms with Gasteiger partial charge in [-0.15, -0.1) is 0 Å². The van der Waals surface area contributed by atoms with E-state index >= 15 is 0 Å². The highest BCUT2D eigenvalue weighted by Gasteiger charge is 2.11. The van der Waals surface area contributed by atoms with E-state index in [2.05, 4.69) is 20.9 Å². The highest BCUT2D eigenvalue weighted by atomic mass is 79.9. The minimum absolute atomic E-state index is 0.259. The Morgan fingerprint density at radius 1 is 1.25 bits per heavy atom. The van der Waals surface area contributed by atoms with Gasteiger partial charge < -0.3 is 10.3 Å². The topological polar surface area (TPSA) is 43.8 Å². The second-order valence-electron chi connectivity index (χ2n) is 4.77. The zero-order valence-electron chi connectivity index (χ0n) is 10.9. The van der Waals surface area contributed by atoms with Gasteiger partial charge in [-0.3, -0.25) is 0 Å². The molecule has 3 aromatic rings. The molecule has 0 bridgehead atoms. The van der Waals surface area contributed by atoms with E-state index in [-0.39, 0.29) is 5.82 Å². The average molecular weight is 334 g/mol. The van der Waals surface area contributed by atoms with Crippen LogP contribution in [0, 0.1) is 12.7 Å². The first-order valence-electron chi connectivity index (χ1n) is 6.21. The van der Waals surface area contributed by atoms with Crippen LogP contribution in [-0.2, 0) is 6.54 Å². The van der Waals surface area contributed by atoms with Crippen LogP contribution >= 0.6 is 15.9 Å². The Morgan fingerprint density at radius 2 is 1.95 bits per heavy atom. The van der Waals surface area contributed by atoms with Crippen LogP contribution in [0.1, 0.15) is 11.1 Å². The molecule has 0 fully saturated rings. The van der Waals surface area contributed by atoms with Gasteiger partial charge in [-0.05, 0) is 36.2 Å². The molecule has 0 saturated heterocycles. The summed E-state index contributed by atoms with van der Waals surface area (Å²) in [5.74, 6) is 0.138. The van der Waals surface area contributed by atoms with E-state index in [4.69, 9.17) is 5.73 Å². The fraction of sp³-hybridized carbons (Fsp3) is 0.133. The van der Waals surface area contributed by atoms with Gasteiger partial charge in [0.1, 0.15) is 5.82 Å². The van der Waals surface area contributed by atoms with Crippen molar-refractivity contribution in [3.63, 3.8) is 0 Å². The summed E-state index contributed by atoms with van der Waals surface area (Å²) in [7, 11) is 0. The highest BCUT2D eigenvalue weighted by Crippen LogP contribution is 2.23. The molecule has 102 valence electrons. The SMILES string of the molecule is Cc1cc2c(cc1F)nc(N)n2Cc1ccc(Br)cc1. The van der Waals surface area contributed by atoms with Crippen molar-refractivity contribution in [3.8, 4) is 0 Å². The van der Waals surface area contributed by atoms with Gasteiger partial charge >= 0.3 is 0 Å². The first-order chi connectivity index (χ1) is 9.54. The number of aryl methyl sites for hydroxylation is 1. The largest absolute Gasteiger partial charge is 0.369 e. The second-order valence-corrected chi connectivity index (χ2v) is 5.69. The fourth-order valence-electron chi connectivity index (χ4n) is 2.21. The molecule has 0 radical (unpaired) electrons. The summed E-state index contributed by atoms with van der Waals surface area (Å²) in [5, 5.41) is 0. The van der Waals surface area contributed by atoms with Crippen LogP contribution in [0.25, 0.3) is 11.0 Å². The number of halogens is 2. The Morgan fingerprint density at radius 3 is 2.65 bits per heavy atom. The summed E-state index contributed by atoms with van der Waals surface area (Å²) in [6, 6.07) is 11.2. The van der Waals surface area contributed by atoms with Gasteiger partial charge in [0.05, 0.1) is 17.6 Å². The normalized spacial score (nSPS) is 11.2. The highest BCUT2D eigenvalue weighted by molar-refractivity contribution is 9.10. The summed E-state index contributed by atoms with van der Waals surface area (Å²) in [6.07, 6.45) is 0. The van der Waals surface area contributed by atoms with Crippen LogP contribution in [0.4, 0.5) is 10.3 Å². The number of imidazole rings is 1. The summed E-state index contributed by atoms with van der Waals surface area (Å²) < 4.78 is 16.5. The summed E-state index contributed by atoms with van der Waals surface area (Å²) in [6.45, 7) is 2.35. The Balaban J connectivity index is 2.08. The molecule has 2 N–H and O–H groups in total. The first-order valence-corrected chi connectivity index (χ1v) is 7.00.